The molecule has 0 spiro atoms. The third kappa shape index (κ3) is 31.5. The van der Waals surface area contributed by atoms with E-state index in [9.17, 15) is 40.5 Å². The first-order valence-electron chi connectivity index (χ1n) is 28.4. The second-order valence-corrected chi connectivity index (χ2v) is 19.7. The zero-order valence-corrected chi connectivity index (χ0v) is 44.7. The Labute approximate surface area is 434 Å². The fraction of sp³-hybridized carbons (Fsp3) is 0.810. The number of ether oxygens (including phenoxy) is 6. The molecule has 0 radical (unpaired) electrons. The average Bonchev–Trinajstić information content (AvgIpc) is 3.38. The van der Waals surface area contributed by atoms with Gasteiger partial charge in [0, 0.05) is 13.0 Å². The van der Waals surface area contributed by atoms with Crippen LogP contribution in [-0.4, -0.2) is 142 Å². The van der Waals surface area contributed by atoms with E-state index in [2.05, 4.69) is 74.6 Å². The van der Waals surface area contributed by atoms with Crippen molar-refractivity contribution in [2.75, 3.05) is 33.0 Å². The van der Waals surface area contributed by atoms with Gasteiger partial charge in [-0.2, -0.15) is 0 Å². The molecule has 418 valence electrons. The molecule has 2 aliphatic heterocycles. The van der Waals surface area contributed by atoms with Crippen LogP contribution in [0.15, 0.2) is 60.8 Å². The van der Waals surface area contributed by atoms with E-state index in [0.717, 1.165) is 89.9 Å². The molecule has 0 aromatic rings. The quantitative estimate of drug-likeness (QED) is 0.0172. The first-order chi connectivity index (χ1) is 35.1. The van der Waals surface area contributed by atoms with Crippen molar-refractivity contribution in [2.24, 2.45) is 0 Å². The predicted octanol–water partition coefficient (Wildman–Crippen LogP) is 9.69. The summed E-state index contributed by atoms with van der Waals surface area (Å²) in [5, 5.41) is 72.3. The van der Waals surface area contributed by atoms with Gasteiger partial charge in [0.2, 0.25) is 0 Å². The Kier molecular flexibility index (Phi) is 41.1. The molecule has 0 aromatic heterocycles. The van der Waals surface area contributed by atoms with Crippen molar-refractivity contribution in [1.82, 2.24) is 0 Å². The monoisotopic (exact) mass is 1020 g/mol. The molecule has 0 amide bonds. The van der Waals surface area contributed by atoms with Crippen LogP contribution < -0.4 is 0 Å². The summed E-state index contributed by atoms with van der Waals surface area (Å²) in [6.07, 6.45) is 38.5. The molecule has 72 heavy (non-hydrogen) atoms. The zero-order chi connectivity index (χ0) is 52.3. The van der Waals surface area contributed by atoms with Crippen molar-refractivity contribution in [3.63, 3.8) is 0 Å². The molecule has 2 aliphatic rings. The minimum absolute atomic E-state index is 0.0524. The van der Waals surface area contributed by atoms with Gasteiger partial charge in [-0.1, -0.05) is 177 Å². The Morgan fingerprint density at radius 3 is 1.43 bits per heavy atom. The highest BCUT2D eigenvalue weighted by Crippen LogP contribution is 2.26. The standard InChI is InChI=1S/C58H102O14/c1-3-5-7-9-11-13-15-17-19-21-22-23-24-25-26-28-30-32-34-36-38-40-42-67-44-47(70-50(60)41-39-37-35-33-31-29-27-20-18-16-14-12-10-8-6-4-2)45-68-57-56(66)54(64)52(62)49(72-57)46-69-58-55(65)53(63)51(61)48(43-59)71-58/h5,7,11,13,17,19-20,22-23,27,47-49,51-59,61-66H,3-4,6,8-10,12,14-16,18,21,24-26,28-46H2,1-2H3/b7-5-,13-11-,19-17-,23-22-,27-20-. The molecule has 14 heteroatoms. The maximum absolute atomic E-state index is 13.0. The largest absolute Gasteiger partial charge is 0.457 e. The normalized spacial score (nSPS) is 25.6. The summed E-state index contributed by atoms with van der Waals surface area (Å²) < 4.78 is 34.4. The van der Waals surface area contributed by atoms with Crippen LogP contribution in [0.4, 0.5) is 0 Å². The molecule has 2 rings (SSSR count). The van der Waals surface area contributed by atoms with Crippen LogP contribution >= 0.6 is 0 Å². The van der Waals surface area contributed by atoms with Gasteiger partial charge in [-0.15, -0.1) is 0 Å². The third-order valence-electron chi connectivity index (χ3n) is 13.3. The topological polar surface area (TPSA) is 214 Å². The lowest BCUT2D eigenvalue weighted by atomic mass is 9.98. The summed E-state index contributed by atoms with van der Waals surface area (Å²) in [6, 6.07) is 0. The number of carbonyl (C=O) groups excluding carboxylic acids is 1. The van der Waals surface area contributed by atoms with Crippen molar-refractivity contribution in [3.8, 4) is 0 Å². The van der Waals surface area contributed by atoms with Gasteiger partial charge in [0.05, 0.1) is 26.4 Å². The van der Waals surface area contributed by atoms with Gasteiger partial charge >= 0.3 is 5.97 Å². The van der Waals surface area contributed by atoms with Crippen LogP contribution in [0.1, 0.15) is 200 Å². The fourth-order valence-electron chi connectivity index (χ4n) is 8.68. The molecule has 11 unspecified atom stereocenters. The minimum Gasteiger partial charge on any atom is -0.457 e. The number of esters is 1. The summed E-state index contributed by atoms with van der Waals surface area (Å²) in [6.45, 7) is 3.55. The number of allylic oxidation sites excluding steroid dienone is 10. The van der Waals surface area contributed by atoms with Crippen LogP contribution in [0.2, 0.25) is 0 Å². The van der Waals surface area contributed by atoms with Crippen LogP contribution in [0, 0.1) is 0 Å². The van der Waals surface area contributed by atoms with E-state index < -0.39 is 80.7 Å². The van der Waals surface area contributed by atoms with Crippen molar-refractivity contribution in [2.45, 2.75) is 268 Å². The average molecular weight is 1020 g/mol. The molecule has 7 N–H and O–H groups in total. The highest BCUT2D eigenvalue weighted by molar-refractivity contribution is 5.69. The van der Waals surface area contributed by atoms with Crippen molar-refractivity contribution in [3.05, 3.63) is 60.8 Å². The van der Waals surface area contributed by atoms with Gasteiger partial charge in [-0.3, -0.25) is 4.79 Å². The van der Waals surface area contributed by atoms with E-state index >= 15 is 0 Å². The van der Waals surface area contributed by atoms with Gasteiger partial charge in [0.15, 0.2) is 12.6 Å². The fourth-order valence-corrected chi connectivity index (χ4v) is 8.68. The molecule has 14 nitrogen and oxygen atoms in total. The molecule has 0 aliphatic carbocycles. The number of unbranched alkanes of at least 4 members (excludes halogenated alkanes) is 21. The van der Waals surface area contributed by atoms with Gasteiger partial charge in [0.25, 0.3) is 0 Å². The van der Waals surface area contributed by atoms with Crippen LogP contribution in [-0.2, 0) is 33.2 Å². The SMILES string of the molecule is CC/C=C\C/C=C\C/C=C\C/C=C\CCCCCCCCCCCOCC(COC1OC(COC2OC(CO)C(O)C(O)C2O)C(O)C(O)C1O)OC(=O)CCCCCCC/C=C\CCCCCCCCC. The summed E-state index contributed by atoms with van der Waals surface area (Å²) in [4.78, 5) is 13.0. The Morgan fingerprint density at radius 2 is 0.903 bits per heavy atom. The van der Waals surface area contributed by atoms with Gasteiger partial charge < -0.3 is 64.2 Å². The first-order valence-corrected chi connectivity index (χ1v) is 28.4. The molecule has 0 saturated carbocycles. The van der Waals surface area contributed by atoms with E-state index in [1.807, 2.05) is 0 Å². The number of hydrogen-bond acceptors (Lipinski definition) is 14. The Balaban J connectivity index is 1.73. The van der Waals surface area contributed by atoms with E-state index in [0.29, 0.717) is 13.0 Å². The third-order valence-corrected chi connectivity index (χ3v) is 13.3. The van der Waals surface area contributed by atoms with Gasteiger partial charge in [-0.25, -0.2) is 0 Å². The molecular formula is C58H102O14. The van der Waals surface area contributed by atoms with E-state index in [-0.39, 0.29) is 25.6 Å². The molecule has 2 saturated heterocycles. The van der Waals surface area contributed by atoms with E-state index in [1.165, 1.54) is 83.5 Å². The minimum atomic E-state index is -1.71. The van der Waals surface area contributed by atoms with Crippen molar-refractivity contribution >= 4 is 5.97 Å². The smallest absolute Gasteiger partial charge is 0.306 e. The summed E-state index contributed by atoms with van der Waals surface area (Å²) >= 11 is 0. The van der Waals surface area contributed by atoms with Crippen LogP contribution in [0.5, 0.6) is 0 Å². The second kappa shape index (κ2) is 44.9. The number of hydrogen-bond donors (Lipinski definition) is 7. The highest BCUT2D eigenvalue weighted by atomic mass is 16.7. The molecule has 2 fully saturated rings. The molecular weight excluding hydrogens is 921 g/mol. The lowest BCUT2D eigenvalue weighted by Gasteiger charge is -2.42. The predicted molar refractivity (Wildman–Crippen MR) is 284 cm³/mol. The van der Waals surface area contributed by atoms with Gasteiger partial charge in [0.1, 0.15) is 54.9 Å². The molecule has 0 bridgehead atoms. The number of aliphatic hydroxyl groups excluding tert-OH is 7. The lowest BCUT2D eigenvalue weighted by Crippen LogP contribution is -2.61. The summed E-state index contributed by atoms with van der Waals surface area (Å²) in [7, 11) is 0. The van der Waals surface area contributed by atoms with E-state index in [4.69, 9.17) is 28.4 Å². The first kappa shape index (κ1) is 65.8. The van der Waals surface area contributed by atoms with Crippen molar-refractivity contribution < 1.29 is 69.0 Å². The summed E-state index contributed by atoms with van der Waals surface area (Å²) in [5.41, 5.74) is 0. The molecule has 0 aromatic carbocycles. The van der Waals surface area contributed by atoms with Gasteiger partial charge in [-0.05, 0) is 77.0 Å². The number of aliphatic hydroxyl groups is 7. The Morgan fingerprint density at radius 1 is 0.472 bits per heavy atom. The Bertz CT molecular complexity index is 1420. The molecule has 11 atom stereocenters. The van der Waals surface area contributed by atoms with Crippen LogP contribution in [0.3, 0.4) is 0 Å². The number of rotatable bonds is 45. The Hall–Kier alpha value is -2.31. The zero-order valence-electron chi connectivity index (χ0n) is 44.7. The maximum atomic E-state index is 13.0. The van der Waals surface area contributed by atoms with Crippen LogP contribution in [0.25, 0.3) is 0 Å². The summed E-state index contributed by atoms with van der Waals surface area (Å²) in [5.74, 6) is -0.387. The highest BCUT2D eigenvalue weighted by Gasteiger charge is 2.47. The lowest BCUT2D eigenvalue weighted by molar-refractivity contribution is -0.332. The molecule has 2 heterocycles. The van der Waals surface area contributed by atoms with E-state index in [1.54, 1.807) is 0 Å². The maximum Gasteiger partial charge on any atom is 0.306 e. The van der Waals surface area contributed by atoms with Crippen molar-refractivity contribution in [1.29, 1.82) is 0 Å². The second-order valence-electron chi connectivity index (χ2n) is 19.7. The number of carbonyl (C=O) groups is 1.